The molecule has 9 heteroatoms. The molecule has 3 heterocycles. The molecule has 2 aromatic carbocycles. The van der Waals surface area contributed by atoms with Gasteiger partial charge in [0.1, 0.15) is 0 Å². The molecule has 194 valence electrons. The second-order valence-electron chi connectivity index (χ2n) is 9.83. The van der Waals surface area contributed by atoms with Crippen LogP contribution in [-0.2, 0) is 16.1 Å². The summed E-state index contributed by atoms with van der Waals surface area (Å²) in [5.41, 5.74) is 3.06. The summed E-state index contributed by atoms with van der Waals surface area (Å²) < 4.78 is 11.1. The molecule has 2 N–H and O–H groups in total. The van der Waals surface area contributed by atoms with Crippen molar-refractivity contribution in [3.8, 4) is 11.4 Å². The van der Waals surface area contributed by atoms with Crippen LogP contribution < -0.4 is 10.6 Å². The second kappa shape index (κ2) is 11.7. The van der Waals surface area contributed by atoms with Gasteiger partial charge in [0, 0.05) is 25.3 Å². The van der Waals surface area contributed by atoms with Crippen molar-refractivity contribution in [1.29, 1.82) is 0 Å². The average Bonchev–Trinajstić information content (AvgIpc) is 3.61. The lowest BCUT2D eigenvalue weighted by Crippen LogP contribution is -2.40. The summed E-state index contributed by atoms with van der Waals surface area (Å²) in [6, 6.07) is 15.1. The summed E-state index contributed by atoms with van der Waals surface area (Å²) in [6.07, 6.45) is 3.71. The van der Waals surface area contributed by atoms with Crippen LogP contribution in [0.5, 0.6) is 0 Å². The van der Waals surface area contributed by atoms with Crippen molar-refractivity contribution in [2.45, 2.75) is 45.3 Å². The maximum absolute atomic E-state index is 13.2. The zero-order valence-electron chi connectivity index (χ0n) is 21.1. The van der Waals surface area contributed by atoms with Crippen molar-refractivity contribution in [2.24, 2.45) is 5.92 Å². The third-order valence-corrected chi connectivity index (χ3v) is 6.96. The fraction of sp³-hybridized carbons (Fsp3) is 0.429. The molecule has 0 bridgehead atoms. The molecule has 2 aliphatic heterocycles. The van der Waals surface area contributed by atoms with Gasteiger partial charge in [0.25, 0.3) is 5.91 Å². The third-order valence-electron chi connectivity index (χ3n) is 6.96. The van der Waals surface area contributed by atoms with E-state index in [4.69, 9.17) is 9.26 Å². The fourth-order valence-corrected chi connectivity index (χ4v) is 4.88. The van der Waals surface area contributed by atoms with Crippen LogP contribution in [0.15, 0.2) is 53.1 Å². The molecule has 3 aromatic rings. The van der Waals surface area contributed by atoms with Gasteiger partial charge >= 0.3 is 0 Å². The number of aromatic nitrogens is 2. The number of rotatable bonds is 8. The van der Waals surface area contributed by atoms with Crippen LogP contribution in [0.3, 0.4) is 0 Å². The molecule has 0 aliphatic carbocycles. The number of benzene rings is 2. The number of piperidine rings is 1. The van der Waals surface area contributed by atoms with Gasteiger partial charge in [0.15, 0.2) is 0 Å². The molecule has 2 saturated heterocycles. The summed E-state index contributed by atoms with van der Waals surface area (Å²) in [5, 5.41) is 10.1. The number of nitrogens with zero attached hydrogens (tertiary/aromatic N) is 3. The van der Waals surface area contributed by atoms with Crippen molar-refractivity contribution < 1.29 is 18.8 Å². The highest BCUT2D eigenvalue weighted by Crippen LogP contribution is 2.23. The minimum atomic E-state index is -0.211. The molecule has 0 saturated carbocycles. The van der Waals surface area contributed by atoms with Crippen LogP contribution in [0.4, 0.5) is 5.69 Å². The first kappa shape index (κ1) is 25.1. The zero-order valence-corrected chi connectivity index (χ0v) is 21.1. The Bertz CT molecular complexity index is 1220. The number of anilines is 1. The van der Waals surface area contributed by atoms with Crippen LogP contribution in [0.2, 0.25) is 0 Å². The Hall–Kier alpha value is -3.56. The van der Waals surface area contributed by atoms with E-state index in [9.17, 15) is 9.59 Å². The van der Waals surface area contributed by atoms with Gasteiger partial charge in [0.2, 0.25) is 17.6 Å². The number of nitrogens with one attached hydrogen (secondary N) is 2. The molecule has 5 rings (SSSR count). The first-order valence-electron chi connectivity index (χ1n) is 13.0. The highest BCUT2D eigenvalue weighted by atomic mass is 16.5. The van der Waals surface area contributed by atoms with Gasteiger partial charge in [0.05, 0.1) is 29.8 Å². The van der Waals surface area contributed by atoms with Gasteiger partial charge in [-0.3, -0.25) is 14.5 Å². The number of ether oxygens (including phenoxy) is 1. The Kier molecular flexibility index (Phi) is 7.91. The molecular weight excluding hydrogens is 470 g/mol. The van der Waals surface area contributed by atoms with Crippen molar-refractivity contribution in [2.75, 3.05) is 31.6 Å². The number of para-hydroxylation sites is 1. The lowest BCUT2D eigenvalue weighted by molar-refractivity contribution is -0.121. The minimum absolute atomic E-state index is 0.0609. The lowest BCUT2D eigenvalue weighted by Gasteiger charge is -2.31. The van der Waals surface area contributed by atoms with E-state index in [1.165, 1.54) is 5.56 Å². The summed E-state index contributed by atoms with van der Waals surface area (Å²) in [7, 11) is 0. The van der Waals surface area contributed by atoms with Crippen LogP contribution >= 0.6 is 0 Å². The highest BCUT2D eigenvalue weighted by molar-refractivity contribution is 6.04. The van der Waals surface area contributed by atoms with E-state index in [1.54, 1.807) is 18.2 Å². The Labute approximate surface area is 216 Å². The molecule has 2 aliphatic rings. The minimum Gasteiger partial charge on any atom is -0.376 e. The van der Waals surface area contributed by atoms with Gasteiger partial charge in [-0.2, -0.15) is 4.98 Å². The molecule has 2 fully saturated rings. The van der Waals surface area contributed by atoms with Crippen LogP contribution in [0.25, 0.3) is 11.4 Å². The quantitative estimate of drug-likeness (QED) is 0.481. The normalized spacial score (nSPS) is 20.0. The number of aryl methyl sites for hydroxylation is 1. The number of carbonyl (C=O) groups excluding carboxylic acids is 2. The number of hydrogen-bond donors (Lipinski definition) is 2. The fourth-order valence-electron chi connectivity index (χ4n) is 4.88. The van der Waals surface area contributed by atoms with Gasteiger partial charge in [-0.05, 0) is 51.3 Å². The molecule has 37 heavy (non-hydrogen) atoms. The van der Waals surface area contributed by atoms with E-state index in [0.29, 0.717) is 42.6 Å². The summed E-state index contributed by atoms with van der Waals surface area (Å²) in [5.74, 6) is 0.601. The number of likely N-dealkylation sites (tertiary alicyclic amines) is 1. The molecule has 2 amide bonds. The Morgan fingerprint density at radius 3 is 2.73 bits per heavy atom. The topological polar surface area (TPSA) is 110 Å². The summed E-state index contributed by atoms with van der Waals surface area (Å²) in [4.78, 5) is 32.7. The van der Waals surface area contributed by atoms with E-state index in [0.717, 1.165) is 44.4 Å². The number of amides is 2. The standard InChI is InChI=1S/C28H33N5O4/c1-19-10-12-20(13-11-19)26-31-25(37-32-26)18-33-14-4-6-21(17-33)27(34)30-24-9-3-2-8-23(24)28(35)29-16-22-7-5-15-36-22/h2-3,8-13,21-22H,4-7,14-18H2,1H3,(H,29,35)(H,30,34). The first-order chi connectivity index (χ1) is 18.0. The molecule has 9 nitrogen and oxygen atoms in total. The van der Waals surface area contributed by atoms with Gasteiger partial charge in [-0.25, -0.2) is 0 Å². The van der Waals surface area contributed by atoms with Crippen LogP contribution in [0.1, 0.15) is 47.5 Å². The molecule has 2 unspecified atom stereocenters. The molecule has 0 spiro atoms. The Morgan fingerprint density at radius 2 is 1.92 bits per heavy atom. The van der Waals surface area contributed by atoms with E-state index in [-0.39, 0.29) is 23.8 Å². The van der Waals surface area contributed by atoms with E-state index in [2.05, 4.69) is 25.7 Å². The first-order valence-corrected chi connectivity index (χ1v) is 13.0. The zero-order chi connectivity index (χ0) is 25.6. The highest BCUT2D eigenvalue weighted by Gasteiger charge is 2.28. The predicted molar refractivity (Wildman–Crippen MR) is 139 cm³/mol. The van der Waals surface area contributed by atoms with Crippen molar-refractivity contribution in [3.63, 3.8) is 0 Å². The SMILES string of the molecule is Cc1ccc(-c2noc(CN3CCCC(C(=O)Nc4ccccc4C(=O)NCC4CCCO4)C3)n2)cc1. The Morgan fingerprint density at radius 1 is 1.08 bits per heavy atom. The number of hydrogen-bond acceptors (Lipinski definition) is 7. The van der Waals surface area contributed by atoms with Crippen LogP contribution in [-0.4, -0.2) is 59.2 Å². The van der Waals surface area contributed by atoms with Gasteiger partial charge < -0.3 is 19.9 Å². The van der Waals surface area contributed by atoms with Crippen molar-refractivity contribution in [1.82, 2.24) is 20.4 Å². The maximum atomic E-state index is 13.2. The van der Waals surface area contributed by atoms with E-state index in [1.807, 2.05) is 37.3 Å². The van der Waals surface area contributed by atoms with E-state index < -0.39 is 0 Å². The monoisotopic (exact) mass is 503 g/mol. The van der Waals surface area contributed by atoms with Crippen LogP contribution in [0, 0.1) is 12.8 Å². The lowest BCUT2D eigenvalue weighted by atomic mass is 9.96. The number of carbonyl (C=O) groups is 2. The summed E-state index contributed by atoms with van der Waals surface area (Å²) in [6.45, 7) is 5.18. The van der Waals surface area contributed by atoms with E-state index >= 15 is 0 Å². The summed E-state index contributed by atoms with van der Waals surface area (Å²) >= 11 is 0. The third kappa shape index (κ3) is 6.42. The largest absolute Gasteiger partial charge is 0.376 e. The van der Waals surface area contributed by atoms with Gasteiger partial charge in [-0.15, -0.1) is 0 Å². The molecule has 2 atom stereocenters. The van der Waals surface area contributed by atoms with Gasteiger partial charge in [-0.1, -0.05) is 47.1 Å². The average molecular weight is 504 g/mol. The molecule has 1 aromatic heterocycles. The smallest absolute Gasteiger partial charge is 0.253 e. The molecular formula is C28H33N5O4. The van der Waals surface area contributed by atoms with Crippen molar-refractivity contribution in [3.05, 3.63) is 65.5 Å². The predicted octanol–water partition coefficient (Wildman–Crippen LogP) is 3.80. The van der Waals surface area contributed by atoms with Crippen molar-refractivity contribution >= 4 is 17.5 Å². The second-order valence-corrected chi connectivity index (χ2v) is 9.83. The molecule has 0 radical (unpaired) electrons. The maximum Gasteiger partial charge on any atom is 0.253 e. The Balaban J connectivity index is 1.17.